The highest BCUT2D eigenvalue weighted by atomic mass is 16.5. The number of ether oxygens (including phenoxy) is 3. The lowest BCUT2D eigenvalue weighted by Crippen LogP contribution is -2.21. The predicted octanol–water partition coefficient (Wildman–Crippen LogP) is 4.94. The van der Waals surface area contributed by atoms with Crippen LogP contribution in [0.15, 0.2) is 102 Å². The van der Waals surface area contributed by atoms with Crippen molar-refractivity contribution in [1.82, 2.24) is 5.43 Å². The van der Waals surface area contributed by atoms with E-state index in [1.807, 2.05) is 0 Å². The van der Waals surface area contributed by atoms with Gasteiger partial charge < -0.3 is 19.5 Å². The molecule has 0 bridgehead atoms. The van der Waals surface area contributed by atoms with E-state index in [2.05, 4.69) is 15.8 Å². The van der Waals surface area contributed by atoms with E-state index in [0.717, 1.165) is 0 Å². The highest BCUT2D eigenvalue weighted by molar-refractivity contribution is 6.09. The lowest BCUT2D eigenvalue weighted by Gasteiger charge is -2.10. The van der Waals surface area contributed by atoms with Gasteiger partial charge in [0.15, 0.2) is 0 Å². The maximum Gasteiger partial charge on any atom is 0.343 e. The summed E-state index contributed by atoms with van der Waals surface area (Å²) in [5.74, 6) is 0.0455. The Kier molecular flexibility index (Phi) is 8.66. The van der Waals surface area contributed by atoms with Crippen LogP contribution >= 0.6 is 0 Å². The van der Waals surface area contributed by atoms with E-state index in [0.29, 0.717) is 33.9 Å². The van der Waals surface area contributed by atoms with Crippen LogP contribution in [0.2, 0.25) is 0 Å². The Labute approximate surface area is 225 Å². The fourth-order valence-electron chi connectivity index (χ4n) is 3.51. The summed E-state index contributed by atoms with van der Waals surface area (Å²) in [6, 6.07) is 26.5. The van der Waals surface area contributed by atoms with Crippen LogP contribution < -0.4 is 25.0 Å². The molecule has 4 rings (SSSR count). The SMILES string of the molecule is COc1ccc(C(=O)Nc2ccccc2C(=O)N/N=C\c2ccccc2OC(=O)c2ccc(OC)cc2)cc1. The van der Waals surface area contributed by atoms with Crippen LogP contribution in [0, 0.1) is 0 Å². The van der Waals surface area contributed by atoms with Crippen molar-refractivity contribution >= 4 is 29.7 Å². The van der Waals surface area contributed by atoms with E-state index < -0.39 is 11.9 Å². The number of nitrogens with one attached hydrogen (secondary N) is 2. The number of anilines is 1. The van der Waals surface area contributed by atoms with Crippen molar-refractivity contribution in [3.05, 3.63) is 119 Å². The molecular weight excluding hydrogens is 498 g/mol. The summed E-state index contributed by atoms with van der Waals surface area (Å²) in [4.78, 5) is 38.1. The van der Waals surface area contributed by atoms with Crippen molar-refractivity contribution in [2.24, 2.45) is 5.10 Å². The summed E-state index contributed by atoms with van der Waals surface area (Å²) >= 11 is 0. The van der Waals surface area contributed by atoms with Gasteiger partial charge in [-0.2, -0.15) is 5.10 Å². The molecule has 0 aliphatic carbocycles. The van der Waals surface area contributed by atoms with E-state index >= 15 is 0 Å². The topological polar surface area (TPSA) is 115 Å². The zero-order valence-electron chi connectivity index (χ0n) is 21.2. The van der Waals surface area contributed by atoms with Gasteiger partial charge in [-0.1, -0.05) is 24.3 Å². The second-order valence-electron chi connectivity index (χ2n) is 8.08. The Bertz CT molecular complexity index is 1500. The van der Waals surface area contributed by atoms with Crippen LogP contribution in [-0.4, -0.2) is 38.2 Å². The average Bonchev–Trinajstić information content (AvgIpc) is 2.98. The first-order valence-corrected chi connectivity index (χ1v) is 11.8. The highest BCUT2D eigenvalue weighted by Crippen LogP contribution is 2.20. The molecule has 0 spiro atoms. The maximum absolute atomic E-state index is 12.9. The molecule has 9 nitrogen and oxygen atoms in total. The predicted molar refractivity (Wildman–Crippen MR) is 147 cm³/mol. The van der Waals surface area contributed by atoms with E-state index in [-0.39, 0.29) is 17.2 Å². The Morgan fingerprint density at radius 2 is 1.28 bits per heavy atom. The Morgan fingerprint density at radius 1 is 0.692 bits per heavy atom. The van der Waals surface area contributed by atoms with E-state index in [9.17, 15) is 14.4 Å². The van der Waals surface area contributed by atoms with Crippen LogP contribution in [0.4, 0.5) is 5.69 Å². The second kappa shape index (κ2) is 12.7. The summed E-state index contributed by atoms with van der Waals surface area (Å²) in [7, 11) is 3.08. The minimum Gasteiger partial charge on any atom is -0.497 e. The van der Waals surface area contributed by atoms with E-state index in [1.54, 1.807) is 111 Å². The summed E-state index contributed by atoms with van der Waals surface area (Å²) in [5.41, 5.74) is 4.22. The minimum absolute atomic E-state index is 0.218. The number of para-hydroxylation sites is 2. The van der Waals surface area contributed by atoms with Crippen LogP contribution in [0.5, 0.6) is 17.2 Å². The fraction of sp³-hybridized carbons (Fsp3) is 0.0667. The second-order valence-corrected chi connectivity index (χ2v) is 8.08. The van der Waals surface area contributed by atoms with Crippen LogP contribution in [0.3, 0.4) is 0 Å². The van der Waals surface area contributed by atoms with Gasteiger partial charge >= 0.3 is 5.97 Å². The summed E-state index contributed by atoms with van der Waals surface area (Å²) in [6.45, 7) is 0. The first-order chi connectivity index (χ1) is 19.0. The number of amides is 2. The first kappa shape index (κ1) is 26.6. The zero-order valence-corrected chi connectivity index (χ0v) is 21.2. The number of methoxy groups -OCH3 is 2. The average molecular weight is 524 g/mol. The molecule has 0 heterocycles. The lowest BCUT2D eigenvalue weighted by molar-refractivity contribution is 0.0733. The number of rotatable bonds is 9. The normalized spacial score (nSPS) is 10.5. The quantitative estimate of drug-likeness (QED) is 0.139. The van der Waals surface area contributed by atoms with Crippen molar-refractivity contribution in [2.75, 3.05) is 19.5 Å². The molecule has 0 aromatic heterocycles. The summed E-state index contributed by atoms with van der Waals surface area (Å²) < 4.78 is 15.7. The number of hydrogen-bond acceptors (Lipinski definition) is 7. The first-order valence-electron chi connectivity index (χ1n) is 11.8. The molecule has 0 aliphatic heterocycles. The van der Waals surface area contributed by atoms with E-state index in [4.69, 9.17) is 14.2 Å². The number of nitrogens with zero attached hydrogens (tertiary/aromatic N) is 1. The monoisotopic (exact) mass is 523 g/mol. The number of benzene rings is 4. The molecule has 196 valence electrons. The summed E-state index contributed by atoms with van der Waals surface area (Å²) in [6.07, 6.45) is 1.37. The lowest BCUT2D eigenvalue weighted by atomic mass is 10.1. The Balaban J connectivity index is 1.42. The van der Waals surface area contributed by atoms with Crippen molar-refractivity contribution < 1.29 is 28.6 Å². The van der Waals surface area contributed by atoms with E-state index in [1.165, 1.54) is 6.21 Å². The van der Waals surface area contributed by atoms with Crippen molar-refractivity contribution in [1.29, 1.82) is 0 Å². The number of carbonyl (C=O) groups excluding carboxylic acids is 3. The van der Waals surface area contributed by atoms with Gasteiger partial charge in [-0.05, 0) is 72.8 Å². The number of hydrogen-bond donors (Lipinski definition) is 2. The zero-order chi connectivity index (χ0) is 27.6. The smallest absolute Gasteiger partial charge is 0.343 e. The Morgan fingerprint density at radius 3 is 1.95 bits per heavy atom. The third-order valence-electron chi connectivity index (χ3n) is 5.59. The molecule has 0 fully saturated rings. The molecule has 0 atom stereocenters. The molecule has 0 saturated carbocycles. The minimum atomic E-state index is -0.552. The molecule has 0 unspecified atom stereocenters. The number of hydrazone groups is 1. The van der Waals surface area contributed by atoms with Gasteiger partial charge in [-0.15, -0.1) is 0 Å². The maximum atomic E-state index is 12.9. The van der Waals surface area contributed by atoms with Crippen LogP contribution in [-0.2, 0) is 0 Å². The molecular formula is C30H25N3O6. The largest absolute Gasteiger partial charge is 0.497 e. The van der Waals surface area contributed by atoms with Gasteiger partial charge in [0.25, 0.3) is 11.8 Å². The van der Waals surface area contributed by atoms with Crippen molar-refractivity contribution in [3.63, 3.8) is 0 Å². The van der Waals surface area contributed by atoms with Gasteiger partial charge in [0.1, 0.15) is 17.2 Å². The van der Waals surface area contributed by atoms with Gasteiger partial charge in [0, 0.05) is 11.1 Å². The van der Waals surface area contributed by atoms with Crippen LogP contribution in [0.25, 0.3) is 0 Å². The van der Waals surface area contributed by atoms with Crippen molar-refractivity contribution in [2.45, 2.75) is 0 Å². The molecule has 9 heteroatoms. The molecule has 39 heavy (non-hydrogen) atoms. The fourth-order valence-corrected chi connectivity index (χ4v) is 3.51. The van der Waals surface area contributed by atoms with Gasteiger partial charge in [0.2, 0.25) is 0 Å². The molecule has 2 amide bonds. The third kappa shape index (κ3) is 6.86. The third-order valence-corrected chi connectivity index (χ3v) is 5.59. The summed E-state index contributed by atoms with van der Waals surface area (Å²) in [5, 5.41) is 6.77. The number of carbonyl (C=O) groups is 3. The molecule has 2 N–H and O–H groups in total. The van der Waals surface area contributed by atoms with Crippen molar-refractivity contribution in [3.8, 4) is 17.2 Å². The Hall–Kier alpha value is -5.44. The number of esters is 1. The van der Waals surface area contributed by atoms with Gasteiger partial charge in [-0.3, -0.25) is 9.59 Å². The molecule has 0 saturated heterocycles. The molecule has 4 aromatic carbocycles. The highest BCUT2D eigenvalue weighted by Gasteiger charge is 2.15. The standard InChI is InChI=1S/C30H25N3O6/c1-37-23-15-11-20(12-16-23)28(34)32-26-9-5-4-8-25(26)29(35)33-31-19-22-7-3-6-10-27(22)39-30(36)21-13-17-24(38-2)18-14-21/h3-19H,1-2H3,(H,32,34)(H,33,35)/b31-19-. The molecule has 4 aromatic rings. The molecule has 0 radical (unpaired) electrons. The molecule has 0 aliphatic rings. The van der Waals surface area contributed by atoms with Gasteiger partial charge in [-0.25, -0.2) is 10.2 Å². The van der Waals surface area contributed by atoms with Crippen LogP contribution in [0.1, 0.15) is 36.6 Å². The van der Waals surface area contributed by atoms with Gasteiger partial charge in [0.05, 0.1) is 37.2 Å².